The Morgan fingerprint density at radius 1 is 0.385 bits per heavy atom. The van der Waals surface area contributed by atoms with E-state index in [1.807, 2.05) is 18.2 Å². The van der Waals surface area contributed by atoms with E-state index < -0.39 is 0 Å². The van der Waals surface area contributed by atoms with Crippen LogP contribution in [0.3, 0.4) is 0 Å². The highest BCUT2D eigenvalue weighted by Crippen LogP contribution is 2.43. The molecule has 9 aromatic rings. The molecule has 9 rings (SSSR count). The van der Waals surface area contributed by atoms with Crippen LogP contribution in [0.2, 0.25) is 0 Å². The van der Waals surface area contributed by atoms with Gasteiger partial charge in [0.1, 0.15) is 22.3 Å². The first-order valence-corrected chi connectivity index (χ1v) is 13.2. The lowest BCUT2D eigenvalue weighted by Gasteiger charge is -2.08. The molecule has 0 amide bonds. The third-order valence-electron chi connectivity index (χ3n) is 8.01. The van der Waals surface area contributed by atoms with Gasteiger partial charge in [0.25, 0.3) is 0 Å². The zero-order valence-electron chi connectivity index (χ0n) is 20.9. The summed E-state index contributed by atoms with van der Waals surface area (Å²) in [5.74, 6) is 0. The van der Waals surface area contributed by atoms with Crippen molar-refractivity contribution in [3.63, 3.8) is 0 Å². The van der Waals surface area contributed by atoms with Crippen molar-refractivity contribution in [1.82, 2.24) is 4.57 Å². The second-order valence-corrected chi connectivity index (χ2v) is 10.1. The molecule has 0 fully saturated rings. The maximum atomic E-state index is 6.52. The van der Waals surface area contributed by atoms with Crippen LogP contribution in [0.25, 0.3) is 82.5 Å². The molecular formula is C36H21NO2. The number of rotatable bonds is 2. The van der Waals surface area contributed by atoms with Crippen molar-refractivity contribution in [3.8, 4) is 16.8 Å². The highest BCUT2D eigenvalue weighted by atomic mass is 16.3. The third kappa shape index (κ3) is 2.82. The molecule has 0 aliphatic rings. The summed E-state index contributed by atoms with van der Waals surface area (Å²) in [6, 6.07) is 44.6. The van der Waals surface area contributed by atoms with Crippen molar-refractivity contribution >= 4 is 65.7 Å². The molecule has 0 N–H and O–H groups in total. The van der Waals surface area contributed by atoms with E-state index >= 15 is 0 Å². The Bertz CT molecular complexity index is 2350. The van der Waals surface area contributed by atoms with E-state index in [1.165, 1.54) is 21.8 Å². The standard InChI is InChI=1S/C36H21NO2/c1-4-14-29-23(9-1)24-10-2-5-15-30(24)37(29)22-19-20-28-34(21-22)39-33-18-8-13-26(36(28)33)25-12-7-17-32-35(25)27-11-3-6-16-31(27)38-32/h1-21H. The van der Waals surface area contributed by atoms with E-state index in [2.05, 4.69) is 114 Å². The van der Waals surface area contributed by atoms with Gasteiger partial charge in [0, 0.05) is 44.1 Å². The molecule has 3 nitrogen and oxygen atoms in total. The summed E-state index contributed by atoms with van der Waals surface area (Å²) in [6.45, 7) is 0. The molecule has 0 spiro atoms. The van der Waals surface area contributed by atoms with E-state index in [0.717, 1.165) is 60.7 Å². The summed E-state index contributed by atoms with van der Waals surface area (Å²) in [6.07, 6.45) is 0. The van der Waals surface area contributed by atoms with Crippen molar-refractivity contribution in [1.29, 1.82) is 0 Å². The first kappa shape index (κ1) is 20.7. The molecule has 0 radical (unpaired) electrons. The number of hydrogen-bond acceptors (Lipinski definition) is 2. The van der Waals surface area contributed by atoms with Crippen LogP contribution in [0.5, 0.6) is 0 Å². The number of furan rings is 2. The van der Waals surface area contributed by atoms with Gasteiger partial charge in [-0.15, -0.1) is 0 Å². The zero-order valence-corrected chi connectivity index (χ0v) is 20.9. The number of aromatic nitrogens is 1. The molecule has 6 aromatic carbocycles. The summed E-state index contributed by atoms with van der Waals surface area (Å²) >= 11 is 0. The predicted octanol–water partition coefficient (Wildman–Crippen LogP) is 10.2. The summed E-state index contributed by atoms with van der Waals surface area (Å²) in [5, 5.41) is 6.99. The maximum absolute atomic E-state index is 6.52. The quantitative estimate of drug-likeness (QED) is 0.237. The number of fused-ring (bicyclic) bond motifs is 9. The topological polar surface area (TPSA) is 31.2 Å². The molecule has 3 heteroatoms. The molecule has 0 aliphatic heterocycles. The Labute approximate surface area is 223 Å². The summed E-state index contributed by atoms with van der Waals surface area (Å²) in [7, 11) is 0. The van der Waals surface area contributed by atoms with Crippen molar-refractivity contribution in [2.24, 2.45) is 0 Å². The van der Waals surface area contributed by atoms with Gasteiger partial charge in [-0.3, -0.25) is 0 Å². The van der Waals surface area contributed by atoms with Gasteiger partial charge in [-0.2, -0.15) is 0 Å². The van der Waals surface area contributed by atoms with E-state index in [4.69, 9.17) is 8.83 Å². The number of para-hydroxylation sites is 3. The Morgan fingerprint density at radius 3 is 1.56 bits per heavy atom. The normalized spacial score (nSPS) is 12.1. The second kappa shape index (κ2) is 7.62. The van der Waals surface area contributed by atoms with Crippen LogP contribution < -0.4 is 0 Å². The maximum Gasteiger partial charge on any atom is 0.137 e. The monoisotopic (exact) mass is 499 g/mol. The molecule has 0 saturated heterocycles. The first-order valence-electron chi connectivity index (χ1n) is 13.2. The Morgan fingerprint density at radius 2 is 0.897 bits per heavy atom. The largest absolute Gasteiger partial charge is 0.456 e. The molecule has 0 unspecified atom stereocenters. The lowest BCUT2D eigenvalue weighted by atomic mass is 9.95. The molecule has 39 heavy (non-hydrogen) atoms. The molecule has 0 atom stereocenters. The average molecular weight is 500 g/mol. The van der Waals surface area contributed by atoms with Gasteiger partial charge < -0.3 is 13.4 Å². The lowest BCUT2D eigenvalue weighted by Crippen LogP contribution is -1.93. The minimum atomic E-state index is 0.876. The Hall–Kier alpha value is -5.28. The summed E-state index contributed by atoms with van der Waals surface area (Å²) < 4.78 is 15.0. The van der Waals surface area contributed by atoms with Crippen LogP contribution in [0.1, 0.15) is 0 Å². The van der Waals surface area contributed by atoms with Gasteiger partial charge in [-0.25, -0.2) is 0 Å². The van der Waals surface area contributed by atoms with E-state index in [1.54, 1.807) is 0 Å². The molecule has 0 saturated carbocycles. The molecule has 3 heterocycles. The van der Waals surface area contributed by atoms with Crippen LogP contribution >= 0.6 is 0 Å². The predicted molar refractivity (Wildman–Crippen MR) is 161 cm³/mol. The fourth-order valence-corrected chi connectivity index (χ4v) is 6.38. The fraction of sp³-hybridized carbons (Fsp3) is 0. The summed E-state index contributed by atoms with van der Waals surface area (Å²) in [4.78, 5) is 0. The fourth-order valence-electron chi connectivity index (χ4n) is 6.38. The molecular weight excluding hydrogens is 478 g/mol. The number of benzene rings is 6. The first-order chi connectivity index (χ1) is 19.3. The minimum Gasteiger partial charge on any atom is -0.456 e. The Kier molecular flexibility index (Phi) is 4.05. The summed E-state index contributed by atoms with van der Waals surface area (Å²) in [5.41, 5.74) is 9.32. The van der Waals surface area contributed by atoms with Gasteiger partial charge >= 0.3 is 0 Å². The highest BCUT2D eigenvalue weighted by molar-refractivity contribution is 6.19. The van der Waals surface area contributed by atoms with Crippen molar-refractivity contribution < 1.29 is 8.83 Å². The van der Waals surface area contributed by atoms with Gasteiger partial charge in [-0.1, -0.05) is 78.9 Å². The van der Waals surface area contributed by atoms with Crippen LogP contribution in [0, 0.1) is 0 Å². The van der Waals surface area contributed by atoms with Gasteiger partial charge in [0.15, 0.2) is 0 Å². The van der Waals surface area contributed by atoms with Crippen LogP contribution in [0.15, 0.2) is 136 Å². The van der Waals surface area contributed by atoms with E-state index in [0.29, 0.717) is 0 Å². The molecule has 0 bridgehead atoms. The van der Waals surface area contributed by atoms with E-state index in [9.17, 15) is 0 Å². The zero-order chi connectivity index (χ0) is 25.5. The number of nitrogens with zero attached hydrogens (tertiary/aromatic N) is 1. The molecule has 0 aliphatic carbocycles. The van der Waals surface area contributed by atoms with E-state index in [-0.39, 0.29) is 0 Å². The lowest BCUT2D eigenvalue weighted by molar-refractivity contribution is 0.668. The van der Waals surface area contributed by atoms with Crippen LogP contribution in [0.4, 0.5) is 0 Å². The minimum absolute atomic E-state index is 0.876. The highest BCUT2D eigenvalue weighted by Gasteiger charge is 2.18. The van der Waals surface area contributed by atoms with Gasteiger partial charge in [-0.05, 0) is 53.6 Å². The van der Waals surface area contributed by atoms with Gasteiger partial charge in [0.2, 0.25) is 0 Å². The average Bonchev–Trinajstić information content (AvgIpc) is 3.66. The number of hydrogen-bond donors (Lipinski definition) is 0. The van der Waals surface area contributed by atoms with Crippen LogP contribution in [-0.4, -0.2) is 4.57 Å². The van der Waals surface area contributed by atoms with Crippen LogP contribution in [-0.2, 0) is 0 Å². The Balaban J connectivity index is 1.32. The van der Waals surface area contributed by atoms with Crippen molar-refractivity contribution in [2.45, 2.75) is 0 Å². The van der Waals surface area contributed by atoms with Crippen molar-refractivity contribution in [2.75, 3.05) is 0 Å². The molecule has 182 valence electrons. The SMILES string of the molecule is c1ccc2c(c1)oc1cccc(-c3cccc4oc5cc(-n6c7ccccc7c7ccccc76)ccc5c34)c12. The molecule has 3 aromatic heterocycles. The van der Waals surface area contributed by atoms with Gasteiger partial charge in [0.05, 0.1) is 11.0 Å². The second-order valence-electron chi connectivity index (χ2n) is 10.1. The smallest absolute Gasteiger partial charge is 0.137 e. The third-order valence-corrected chi connectivity index (χ3v) is 8.01. The van der Waals surface area contributed by atoms with Crippen molar-refractivity contribution in [3.05, 3.63) is 127 Å².